The minimum Gasteiger partial charge on any atom is -0.451 e. The third-order valence-corrected chi connectivity index (χ3v) is 6.48. The second kappa shape index (κ2) is 8.64. The fourth-order valence-electron chi connectivity index (χ4n) is 4.75. The predicted molar refractivity (Wildman–Crippen MR) is 128 cm³/mol. The molecular formula is C28H28N2O2. The number of benzene rings is 3. The van der Waals surface area contributed by atoms with E-state index in [9.17, 15) is 4.79 Å². The van der Waals surface area contributed by atoms with Crippen LogP contribution in [0.1, 0.15) is 38.9 Å². The molecule has 0 spiro atoms. The molecule has 1 saturated heterocycles. The van der Waals surface area contributed by atoms with Crippen molar-refractivity contribution >= 4 is 16.9 Å². The van der Waals surface area contributed by atoms with E-state index in [0.717, 1.165) is 29.6 Å². The number of carbonyl (C=O) groups is 1. The molecule has 4 nitrogen and oxygen atoms in total. The van der Waals surface area contributed by atoms with Crippen LogP contribution in [-0.2, 0) is 0 Å². The smallest absolute Gasteiger partial charge is 0.289 e. The molecule has 4 aromatic rings. The predicted octanol–water partition coefficient (Wildman–Crippen LogP) is 5.60. The standard InChI is InChI=1S/C28H28N2O2/c1-20-13-14-25-24(19-20)21(2)27(32-25)28(31)30-17-15-29(16-18-30)26(22-9-5-3-6-10-22)23-11-7-4-8-12-23/h3-14,19,26H,15-18H2,1-2H3. The number of amides is 1. The van der Waals surface area contributed by atoms with Crippen LogP contribution in [0.4, 0.5) is 0 Å². The Morgan fingerprint density at radius 2 is 1.41 bits per heavy atom. The lowest BCUT2D eigenvalue weighted by Gasteiger charge is -2.39. The highest BCUT2D eigenvalue weighted by molar-refractivity contribution is 5.99. The van der Waals surface area contributed by atoms with Crippen molar-refractivity contribution in [3.63, 3.8) is 0 Å². The maximum atomic E-state index is 13.3. The molecule has 0 saturated carbocycles. The first kappa shape index (κ1) is 20.5. The van der Waals surface area contributed by atoms with Gasteiger partial charge in [-0.05, 0) is 37.1 Å². The number of hydrogen-bond donors (Lipinski definition) is 0. The first-order chi connectivity index (χ1) is 15.6. The van der Waals surface area contributed by atoms with Gasteiger partial charge in [0.15, 0.2) is 5.76 Å². The van der Waals surface area contributed by atoms with E-state index >= 15 is 0 Å². The quantitative estimate of drug-likeness (QED) is 0.428. The van der Waals surface area contributed by atoms with Crippen molar-refractivity contribution in [2.75, 3.05) is 26.2 Å². The molecule has 0 radical (unpaired) electrons. The molecule has 0 atom stereocenters. The lowest BCUT2D eigenvalue weighted by Crippen LogP contribution is -2.49. The van der Waals surface area contributed by atoms with Crippen LogP contribution in [0.15, 0.2) is 83.3 Å². The highest BCUT2D eigenvalue weighted by Crippen LogP contribution is 2.31. The SMILES string of the molecule is Cc1ccc2oc(C(=O)N3CCN(C(c4ccccc4)c4ccccc4)CC3)c(C)c2c1. The van der Waals surface area contributed by atoms with Gasteiger partial charge < -0.3 is 9.32 Å². The van der Waals surface area contributed by atoms with Crippen LogP contribution >= 0.6 is 0 Å². The van der Waals surface area contributed by atoms with Crippen LogP contribution in [0.3, 0.4) is 0 Å². The average Bonchev–Trinajstić information content (AvgIpc) is 3.16. The van der Waals surface area contributed by atoms with E-state index in [1.165, 1.54) is 16.7 Å². The van der Waals surface area contributed by atoms with E-state index in [2.05, 4.69) is 78.6 Å². The van der Waals surface area contributed by atoms with Gasteiger partial charge in [-0.25, -0.2) is 0 Å². The monoisotopic (exact) mass is 424 g/mol. The van der Waals surface area contributed by atoms with Crippen molar-refractivity contribution in [3.05, 3.63) is 107 Å². The van der Waals surface area contributed by atoms with E-state index in [1.807, 2.05) is 24.0 Å². The van der Waals surface area contributed by atoms with E-state index in [0.29, 0.717) is 18.8 Å². The number of rotatable bonds is 4. The van der Waals surface area contributed by atoms with Gasteiger partial charge in [0.05, 0.1) is 6.04 Å². The topological polar surface area (TPSA) is 36.7 Å². The largest absolute Gasteiger partial charge is 0.451 e. The molecule has 0 bridgehead atoms. The second-order valence-electron chi connectivity index (χ2n) is 8.61. The highest BCUT2D eigenvalue weighted by Gasteiger charge is 2.30. The molecule has 5 rings (SSSR count). The van der Waals surface area contributed by atoms with Crippen molar-refractivity contribution in [1.82, 2.24) is 9.80 Å². The Morgan fingerprint density at radius 3 is 2.00 bits per heavy atom. The molecule has 1 amide bonds. The van der Waals surface area contributed by atoms with Crippen LogP contribution in [0.25, 0.3) is 11.0 Å². The average molecular weight is 425 g/mol. The van der Waals surface area contributed by atoms with Gasteiger partial charge in [-0.3, -0.25) is 9.69 Å². The molecule has 162 valence electrons. The van der Waals surface area contributed by atoms with Gasteiger partial charge >= 0.3 is 0 Å². The molecule has 0 aliphatic carbocycles. The summed E-state index contributed by atoms with van der Waals surface area (Å²) in [5.74, 6) is 0.466. The summed E-state index contributed by atoms with van der Waals surface area (Å²) in [6.45, 7) is 7.05. The Bertz CT molecular complexity index is 1180. The third kappa shape index (κ3) is 3.82. The molecule has 3 aromatic carbocycles. The van der Waals surface area contributed by atoms with Crippen molar-refractivity contribution in [1.29, 1.82) is 0 Å². The lowest BCUT2D eigenvalue weighted by molar-refractivity contribution is 0.0569. The van der Waals surface area contributed by atoms with E-state index in [-0.39, 0.29) is 11.9 Å². The van der Waals surface area contributed by atoms with Gasteiger partial charge in [-0.15, -0.1) is 0 Å². The molecule has 0 unspecified atom stereocenters. The minimum absolute atomic E-state index is 0.00743. The minimum atomic E-state index is -0.00743. The molecule has 1 fully saturated rings. The number of hydrogen-bond acceptors (Lipinski definition) is 3. The molecule has 0 N–H and O–H groups in total. The van der Waals surface area contributed by atoms with Gasteiger partial charge in [0.25, 0.3) is 5.91 Å². The van der Waals surface area contributed by atoms with Crippen molar-refractivity contribution < 1.29 is 9.21 Å². The zero-order chi connectivity index (χ0) is 22.1. The lowest BCUT2D eigenvalue weighted by atomic mass is 9.96. The Labute approximate surface area is 189 Å². The first-order valence-corrected chi connectivity index (χ1v) is 11.2. The van der Waals surface area contributed by atoms with E-state index < -0.39 is 0 Å². The van der Waals surface area contributed by atoms with Crippen molar-refractivity contribution in [2.45, 2.75) is 19.9 Å². The number of fused-ring (bicyclic) bond motifs is 1. The van der Waals surface area contributed by atoms with Gasteiger partial charge in [-0.1, -0.05) is 72.3 Å². The molecular weight excluding hydrogens is 396 g/mol. The summed E-state index contributed by atoms with van der Waals surface area (Å²) in [5.41, 5.74) is 5.44. The summed E-state index contributed by atoms with van der Waals surface area (Å²) in [6.07, 6.45) is 0. The Balaban J connectivity index is 1.36. The maximum Gasteiger partial charge on any atom is 0.289 e. The summed E-state index contributed by atoms with van der Waals surface area (Å²) in [5, 5.41) is 1.03. The Hall–Kier alpha value is -3.37. The van der Waals surface area contributed by atoms with Crippen LogP contribution in [-0.4, -0.2) is 41.9 Å². The molecule has 1 aliphatic heterocycles. The number of nitrogens with zero attached hydrogens (tertiary/aromatic N) is 2. The Morgan fingerprint density at radius 1 is 0.812 bits per heavy atom. The number of aryl methyl sites for hydroxylation is 2. The van der Waals surface area contributed by atoms with Crippen LogP contribution in [0, 0.1) is 13.8 Å². The number of carbonyl (C=O) groups excluding carboxylic acids is 1. The third-order valence-electron chi connectivity index (χ3n) is 6.48. The van der Waals surface area contributed by atoms with Crippen molar-refractivity contribution in [2.24, 2.45) is 0 Å². The van der Waals surface area contributed by atoms with Gasteiger partial charge in [0, 0.05) is 37.1 Å². The summed E-state index contributed by atoms with van der Waals surface area (Å²) < 4.78 is 5.98. The highest BCUT2D eigenvalue weighted by atomic mass is 16.3. The first-order valence-electron chi connectivity index (χ1n) is 11.2. The summed E-state index contributed by atoms with van der Waals surface area (Å²) in [4.78, 5) is 17.7. The molecule has 2 heterocycles. The van der Waals surface area contributed by atoms with Gasteiger partial charge in [0.1, 0.15) is 5.58 Å². The van der Waals surface area contributed by atoms with Crippen molar-refractivity contribution in [3.8, 4) is 0 Å². The van der Waals surface area contributed by atoms with Gasteiger partial charge in [-0.2, -0.15) is 0 Å². The van der Waals surface area contributed by atoms with Gasteiger partial charge in [0.2, 0.25) is 0 Å². The zero-order valence-corrected chi connectivity index (χ0v) is 18.6. The molecule has 1 aliphatic rings. The number of furan rings is 1. The zero-order valence-electron chi connectivity index (χ0n) is 18.6. The van der Waals surface area contributed by atoms with E-state index in [4.69, 9.17) is 4.42 Å². The molecule has 4 heteroatoms. The van der Waals surface area contributed by atoms with Crippen LogP contribution in [0.2, 0.25) is 0 Å². The Kier molecular flexibility index (Phi) is 5.54. The summed E-state index contributed by atoms with van der Waals surface area (Å²) in [6, 6.07) is 27.5. The van der Waals surface area contributed by atoms with Crippen LogP contribution < -0.4 is 0 Å². The normalized spacial score (nSPS) is 14.9. The fourth-order valence-corrected chi connectivity index (χ4v) is 4.75. The summed E-state index contributed by atoms with van der Waals surface area (Å²) >= 11 is 0. The second-order valence-corrected chi connectivity index (χ2v) is 8.61. The molecule has 1 aromatic heterocycles. The van der Waals surface area contributed by atoms with E-state index in [1.54, 1.807) is 0 Å². The number of piperazine rings is 1. The molecule has 32 heavy (non-hydrogen) atoms. The fraction of sp³-hybridized carbons (Fsp3) is 0.250. The summed E-state index contributed by atoms with van der Waals surface area (Å²) in [7, 11) is 0. The van der Waals surface area contributed by atoms with Crippen LogP contribution in [0.5, 0.6) is 0 Å². The maximum absolute atomic E-state index is 13.3.